The van der Waals surface area contributed by atoms with Gasteiger partial charge in [0.25, 0.3) is 5.91 Å². The van der Waals surface area contributed by atoms with Gasteiger partial charge < -0.3 is 10.2 Å². The molecule has 1 saturated heterocycles. The van der Waals surface area contributed by atoms with Gasteiger partial charge in [-0.3, -0.25) is 4.79 Å². The third-order valence-electron chi connectivity index (χ3n) is 3.19. The number of likely N-dealkylation sites (tertiary alicyclic amines) is 1. The molecule has 17 heavy (non-hydrogen) atoms. The van der Waals surface area contributed by atoms with Crippen molar-refractivity contribution in [3.8, 4) is 0 Å². The van der Waals surface area contributed by atoms with Crippen LogP contribution in [0, 0.1) is 5.92 Å². The molecule has 2 rings (SSSR count). The van der Waals surface area contributed by atoms with E-state index < -0.39 is 0 Å². The first-order valence-corrected chi connectivity index (χ1v) is 7.61. The first kappa shape index (κ1) is 13.1. The van der Waals surface area contributed by atoms with Crippen molar-refractivity contribution < 1.29 is 4.79 Å². The molecule has 1 aromatic rings. The molecule has 1 unspecified atom stereocenters. The maximum Gasteiger partial charge on any atom is 0.262 e. The van der Waals surface area contributed by atoms with Crippen molar-refractivity contribution in [1.29, 1.82) is 0 Å². The van der Waals surface area contributed by atoms with Crippen LogP contribution in [0.15, 0.2) is 15.9 Å². The minimum Gasteiger partial charge on any atom is -0.351 e. The van der Waals surface area contributed by atoms with Crippen LogP contribution < -0.4 is 5.32 Å². The van der Waals surface area contributed by atoms with Gasteiger partial charge >= 0.3 is 0 Å². The van der Waals surface area contributed by atoms with E-state index in [1.165, 1.54) is 24.3 Å². The van der Waals surface area contributed by atoms with Crippen molar-refractivity contribution in [3.63, 3.8) is 0 Å². The number of thiophene rings is 1. The lowest BCUT2D eigenvalue weighted by Gasteiger charge is -2.13. The molecule has 0 bridgehead atoms. The second kappa shape index (κ2) is 5.98. The number of amides is 1. The molecular formula is C12H17BrN2OS. The Morgan fingerprint density at radius 3 is 3.12 bits per heavy atom. The van der Waals surface area contributed by atoms with Gasteiger partial charge in [0.2, 0.25) is 0 Å². The molecule has 0 radical (unpaired) electrons. The van der Waals surface area contributed by atoms with Crippen LogP contribution >= 0.6 is 27.3 Å². The number of nitrogens with zero attached hydrogens (tertiary/aromatic N) is 1. The molecule has 5 heteroatoms. The highest BCUT2D eigenvalue weighted by Crippen LogP contribution is 2.22. The van der Waals surface area contributed by atoms with E-state index in [1.807, 2.05) is 11.4 Å². The van der Waals surface area contributed by atoms with Crippen LogP contribution in [0.3, 0.4) is 0 Å². The Morgan fingerprint density at radius 1 is 1.71 bits per heavy atom. The Bertz CT molecular complexity index is 394. The Balaban J connectivity index is 1.79. The lowest BCUT2D eigenvalue weighted by atomic mass is 10.1. The van der Waals surface area contributed by atoms with E-state index in [0.29, 0.717) is 5.92 Å². The molecule has 1 N–H and O–H groups in total. The zero-order chi connectivity index (χ0) is 12.3. The minimum atomic E-state index is 0.0434. The van der Waals surface area contributed by atoms with Crippen LogP contribution in [0.5, 0.6) is 0 Å². The largest absolute Gasteiger partial charge is 0.351 e. The van der Waals surface area contributed by atoms with Gasteiger partial charge in [-0.2, -0.15) is 0 Å². The fraction of sp³-hybridized carbons (Fsp3) is 0.583. The van der Waals surface area contributed by atoms with Crippen molar-refractivity contribution in [2.24, 2.45) is 5.92 Å². The van der Waals surface area contributed by atoms with Gasteiger partial charge in [-0.05, 0) is 52.8 Å². The Labute approximate surface area is 114 Å². The summed E-state index contributed by atoms with van der Waals surface area (Å²) in [6, 6.07) is 1.91. The molecule has 0 spiro atoms. The van der Waals surface area contributed by atoms with Gasteiger partial charge in [0.1, 0.15) is 4.88 Å². The monoisotopic (exact) mass is 316 g/mol. The number of hydrogen-bond acceptors (Lipinski definition) is 3. The normalized spacial score (nSPS) is 20.7. The molecule has 1 aliphatic heterocycles. The van der Waals surface area contributed by atoms with Crippen LogP contribution in [0.25, 0.3) is 0 Å². The highest BCUT2D eigenvalue weighted by Gasteiger charge is 2.22. The molecule has 1 aromatic heterocycles. The lowest BCUT2D eigenvalue weighted by molar-refractivity contribution is 0.0951. The second-order valence-corrected chi connectivity index (χ2v) is 6.13. The smallest absolute Gasteiger partial charge is 0.262 e. The summed E-state index contributed by atoms with van der Waals surface area (Å²) in [6.07, 6.45) is 1.19. The van der Waals surface area contributed by atoms with E-state index in [1.54, 1.807) is 0 Å². The highest BCUT2D eigenvalue weighted by atomic mass is 79.9. The molecule has 94 valence electrons. The van der Waals surface area contributed by atoms with Crippen LogP contribution in [0.4, 0.5) is 0 Å². The van der Waals surface area contributed by atoms with Gasteiger partial charge in [0.15, 0.2) is 0 Å². The molecule has 1 amide bonds. The molecule has 0 aliphatic carbocycles. The predicted octanol–water partition coefficient (Wildman–Crippen LogP) is 2.58. The van der Waals surface area contributed by atoms with Crippen LogP contribution in [0.1, 0.15) is 23.0 Å². The molecule has 1 fully saturated rings. The predicted molar refractivity (Wildman–Crippen MR) is 74.6 cm³/mol. The summed E-state index contributed by atoms with van der Waals surface area (Å²) in [4.78, 5) is 15.1. The number of rotatable bonds is 4. The number of nitrogens with one attached hydrogen (secondary N) is 1. The summed E-state index contributed by atoms with van der Waals surface area (Å²) in [5.74, 6) is 0.652. The van der Waals surface area contributed by atoms with Gasteiger partial charge in [0.05, 0.1) is 0 Å². The van der Waals surface area contributed by atoms with E-state index >= 15 is 0 Å². The zero-order valence-electron chi connectivity index (χ0n) is 9.91. The van der Waals surface area contributed by atoms with E-state index in [2.05, 4.69) is 33.1 Å². The fourth-order valence-corrected chi connectivity index (χ4v) is 3.61. The van der Waals surface area contributed by atoms with E-state index in [0.717, 1.165) is 29.0 Å². The van der Waals surface area contributed by atoms with Crippen LogP contribution in [-0.2, 0) is 0 Å². The molecular weight excluding hydrogens is 300 g/mol. The number of halogens is 1. The van der Waals surface area contributed by atoms with Gasteiger partial charge in [-0.15, -0.1) is 11.3 Å². The SMILES string of the molecule is CCN1CCC(CNC(=O)c2sccc2Br)C1. The lowest BCUT2D eigenvalue weighted by Crippen LogP contribution is -2.30. The number of hydrogen-bond donors (Lipinski definition) is 1. The molecule has 2 heterocycles. The first-order valence-electron chi connectivity index (χ1n) is 5.94. The standard InChI is InChI=1S/C12H17BrN2OS/c1-2-15-5-3-9(8-15)7-14-12(16)11-10(13)4-6-17-11/h4,6,9H,2-3,5,7-8H2,1H3,(H,14,16). The summed E-state index contributed by atoms with van der Waals surface area (Å²) in [7, 11) is 0. The van der Waals surface area contributed by atoms with Crippen LogP contribution in [-0.4, -0.2) is 37.0 Å². The van der Waals surface area contributed by atoms with Gasteiger partial charge in [0, 0.05) is 17.6 Å². The van der Waals surface area contributed by atoms with E-state index in [9.17, 15) is 4.79 Å². The molecule has 0 aromatic carbocycles. The third-order valence-corrected chi connectivity index (χ3v) is 5.03. The molecule has 1 atom stereocenters. The van der Waals surface area contributed by atoms with Crippen LogP contribution in [0.2, 0.25) is 0 Å². The Kier molecular flexibility index (Phi) is 4.59. The van der Waals surface area contributed by atoms with E-state index in [-0.39, 0.29) is 5.91 Å². The van der Waals surface area contributed by atoms with Gasteiger partial charge in [-0.1, -0.05) is 6.92 Å². The van der Waals surface area contributed by atoms with Gasteiger partial charge in [-0.25, -0.2) is 0 Å². The summed E-state index contributed by atoms with van der Waals surface area (Å²) >= 11 is 4.86. The Hall–Kier alpha value is -0.390. The van der Waals surface area contributed by atoms with Crippen molar-refractivity contribution in [2.75, 3.05) is 26.2 Å². The topological polar surface area (TPSA) is 32.3 Å². The summed E-state index contributed by atoms with van der Waals surface area (Å²) in [6.45, 7) is 6.37. The average Bonchev–Trinajstić information content (AvgIpc) is 2.94. The van der Waals surface area contributed by atoms with Crippen molar-refractivity contribution in [1.82, 2.24) is 10.2 Å². The Morgan fingerprint density at radius 2 is 2.53 bits per heavy atom. The maximum absolute atomic E-state index is 11.9. The highest BCUT2D eigenvalue weighted by molar-refractivity contribution is 9.10. The fourth-order valence-electron chi connectivity index (χ4n) is 2.14. The quantitative estimate of drug-likeness (QED) is 0.926. The summed E-state index contributed by atoms with van der Waals surface area (Å²) in [5.41, 5.74) is 0. The zero-order valence-corrected chi connectivity index (χ0v) is 12.3. The van der Waals surface area contributed by atoms with E-state index in [4.69, 9.17) is 0 Å². The minimum absolute atomic E-state index is 0.0434. The third kappa shape index (κ3) is 3.30. The maximum atomic E-state index is 11.9. The number of carbonyl (C=O) groups is 1. The molecule has 1 aliphatic rings. The molecule has 3 nitrogen and oxygen atoms in total. The first-order chi connectivity index (χ1) is 8.20. The summed E-state index contributed by atoms with van der Waals surface area (Å²) < 4.78 is 0.890. The van der Waals surface area contributed by atoms with Crippen molar-refractivity contribution in [2.45, 2.75) is 13.3 Å². The molecule has 0 saturated carbocycles. The number of carbonyl (C=O) groups excluding carboxylic acids is 1. The average molecular weight is 317 g/mol. The van der Waals surface area contributed by atoms with Crippen molar-refractivity contribution in [3.05, 3.63) is 20.8 Å². The second-order valence-electron chi connectivity index (χ2n) is 4.36. The summed E-state index contributed by atoms with van der Waals surface area (Å²) in [5, 5.41) is 4.95. The van der Waals surface area contributed by atoms with Crippen molar-refractivity contribution >= 4 is 33.2 Å².